The molecule has 0 saturated carbocycles. The van der Waals surface area contributed by atoms with Gasteiger partial charge in [0.15, 0.2) is 0 Å². The Labute approximate surface area is 158 Å². The van der Waals surface area contributed by atoms with Crippen LogP contribution < -0.4 is 10.2 Å². The van der Waals surface area contributed by atoms with E-state index in [2.05, 4.69) is 65.0 Å². The van der Waals surface area contributed by atoms with E-state index in [0.29, 0.717) is 11.3 Å². The quantitative estimate of drug-likeness (QED) is 0.352. The lowest BCUT2D eigenvalue weighted by Crippen LogP contribution is -2.17. The number of nitrogens with one attached hydrogen (secondary N) is 1. The summed E-state index contributed by atoms with van der Waals surface area (Å²) in [5, 5.41) is 3.98. The van der Waals surface area contributed by atoms with Gasteiger partial charge in [0.25, 0.3) is 5.91 Å². The topological polar surface area (TPSA) is 50.7 Å². The van der Waals surface area contributed by atoms with E-state index in [1.165, 1.54) is 0 Å². The molecular formula is C15H11Br2IN2O2. The Morgan fingerprint density at radius 1 is 1.27 bits per heavy atom. The van der Waals surface area contributed by atoms with E-state index in [9.17, 15) is 4.79 Å². The average molecular weight is 538 g/mol. The molecular weight excluding hydrogens is 527 g/mol. The van der Waals surface area contributed by atoms with E-state index in [1.54, 1.807) is 25.5 Å². The van der Waals surface area contributed by atoms with Gasteiger partial charge in [-0.1, -0.05) is 6.07 Å². The van der Waals surface area contributed by atoms with Crippen molar-refractivity contribution in [3.8, 4) is 5.75 Å². The monoisotopic (exact) mass is 536 g/mol. The van der Waals surface area contributed by atoms with Gasteiger partial charge >= 0.3 is 0 Å². The van der Waals surface area contributed by atoms with Crippen LogP contribution in [0.5, 0.6) is 5.75 Å². The molecule has 1 amide bonds. The fourth-order valence-corrected chi connectivity index (χ4v) is 3.80. The van der Waals surface area contributed by atoms with Gasteiger partial charge in [0.1, 0.15) is 5.75 Å². The van der Waals surface area contributed by atoms with Crippen molar-refractivity contribution in [1.29, 1.82) is 0 Å². The standard InChI is InChI=1S/C15H11Br2IN2O2/c1-22-14-12(16)5-9(6-13(14)17)8-19-20-15(21)10-3-2-4-11(18)7-10/h2-8H,1H3,(H,20,21)/b19-8+. The van der Waals surface area contributed by atoms with Gasteiger partial charge in [0.05, 0.1) is 22.3 Å². The molecule has 7 heteroatoms. The first-order valence-corrected chi connectivity index (χ1v) is 8.79. The summed E-state index contributed by atoms with van der Waals surface area (Å²) in [5.41, 5.74) is 3.90. The highest BCUT2D eigenvalue weighted by atomic mass is 127. The summed E-state index contributed by atoms with van der Waals surface area (Å²) in [6.45, 7) is 0. The number of hydrogen-bond acceptors (Lipinski definition) is 3. The largest absolute Gasteiger partial charge is 0.494 e. The maximum absolute atomic E-state index is 12.0. The van der Waals surface area contributed by atoms with Crippen LogP contribution in [0.25, 0.3) is 0 Å². The van der Waals surface area contributed by atoms with Crippen LogP contribution in [-0.4, -0.2) is 19.2 Å². The number of hydrazone groups is 1. The molecule has 22 heavy (non-hydrogen) atoms. The number of ether oxygens (including phenoxy) is 1. The Morgan fingerprint density at radius 2 is 1.95 bits per heavy atom. The second-order valence-corrected chi connectivity index (χ2v) is 7.18. The summed E-state index contributed by atoms with van der Waals surface area (Å²) in [7, 11) is 1.60. The first kappa shape index (κ1) is 17.4. The molecule has 114 valence electrons. The van der Waals surface area contributed by atoms with Gasteiger partial charge in [0, 0.05) is 9.13 Å². The number of hydrogen-bond donors (Lipinski definition) is 1. The summed E-state index contributed by atoms with van der Waals surface area (Å²) in [6.07, 6.45) is 1.57. The normalized spacial score (nSPS) is 10.7. The summed E-state index contributed by atoms with van der Waals surface area (Å²) >= 11 is 9.00. The Morgan fingerprint density at radius 3 is 2.55 bits per heavy atom. The second-order valence-electron chi connectivity index (χ2n) is 4.23. The number of halogens is 3. The maximum Gasteiger partial charge on any atom is 0.271 e. The Kier molecular flexibility index (Phi) is 6.39. The van der Waals surface area contributed by atoms with Gasteiger partial charge in [-0.15, -0.1) is 0 Å². The molecule has 0 atom stereocenters. The third kappa shape index (κ3) is 4.53. The number of carbonyl (C=O) groups is 1. The summed E-state index contributed by atoms with van der Waals surface area (Å²) in [6, 6.07) is 11.0. The molecule has 0 heterocycles. The summed E-state index contributed by atoms with van der Waals surface area (Å²) in [4.78, 5) is 12.0. The molecule has 0 radical (unpaired) electrons. The third-order valence-electron chi connectivity index (χ3n) is 2.69. The lowest BCUT2D eigenvalue weighted by molar-refractivity contribution is 0.0955. The lowest BCUT2D eigenvalue weighted by Gasteiger charge is -2.06. The van der Waals surface area contributed by atoms with E-state index < -0.39 is 0 Å². The summed E-state index contributed by atoms with van der Waals surface area (Å²) in [5.74, 6) is 0.460. The van der Waals surface area contributed by atoms with E-state index in [-0.39, 0.29) is 5.91 Å². The van der Waals surface area contributed by atoms with Gasteiger partial charge in [-0.25, -0.2) is 5.43 Å². The second kappa shape index (κ2) is 8.07. The fourth-order valence-electron chi connectivity index (χ4n) is 1.71. The zero-order chi connectivity index (χ0) is 16.1. The molecule has 0 aliphatic heterocycles. The van der Waals surface area contributed by atoms with E-state index in [4.69, 9.17) is 4.74 Å². The molecule has 2 rings (SSSR count). The molecule has 0 aliphatic rings. The van der Waals surface area contributed by atoms with Crippen molar-refractivity contribution in [3.63, 3.8) is 0 Å². The van der Waals surface area contributed by atoms with E-state index >= 15 is 0 Å². The van der Waals surface area contributed by atoms with Gasteiger partial charge < -0.3 is 4.74 Å². The molecule has 4 nitrogen and oxygen atoms in total. The van der Waals surface area contributed by atoms with Crippen molar-refractivity contribution < 1.29 is 9.53 Å². The predicted octanol–water partition coefficient (Wildman–Crippen LogP) is 4.59. The fraction of sp³-hybridized carbons (Fsp3) is 0.0667. The van der Waals surface area contributed by atoms with E-state index in [0.717, 1.165) is 18.1 Å². The number of nitrogens with zero attached hydrogens (tertiary/aromatic N) is 1. The minimum atomic E-state index is -0.249. The molecule has 0 fully saturated rings. The van der Waals surface area contributed by atoms with Crippen molar-refractivity contribution in [1.82, 2.24) is 5.43 Å². The zero-order valence-electron chi connectivity index (χ0n) is 11.4. The average Bonchev–Trinajstić information content (AvgIpc) is 2.47. The third-order valence-corrected chi connectivity index (χ3v) is 4.54. The lowest BCUT2D eigenvalue weighted by atomic mass is 10.2. The SMILES string of the molecule is COc1c(Br)cc(/C=N/NC(=O)c2cccc(I)c2)cc1Br. The predicted molar refractivity (Wildman–Crippen MR) is 103 cm³/mol. The molecule has 1 N–H and O–H groups in total. The smallest absolute Gasteiger partial charge is 0.271 e. The van der Waals surface area contributed by atoms with Crippen molar-refractivity contribution in [2.45, 2.75) is 0 Å². The van der Waals surface area contributed by atoms with Gasteiger partial charge in [-0.3, -0.25) is 4.79 Å². The van der Waals surface area contributed by atoms with Crippen molar-refractivity contribution in [2.24, 2.45) is 5.10 Å². The number of amides is 1. The van der Waals surface area contributed by atoms with E-state index in [1.807, 2.05) is 24.3 Å². The first-order valence-electron chi connectivity index (χ1n) is 6.13. The van der Waals surface area contributed by atoms with Crippen molar-refractivity contribution >= 4 is 66.6 Å². The molecule has 0 unspecified atom stereocenters. The van der Waals surface area contributed by atoms with Crippen LogP contribution in [0.1, 0.15) is 15.9 Å². The molecule has 0 saturated heterocycles. The van der Waals surface area contributed by atoms with Gasteiger partial charge in [-0.05, 0) is 90.3 Å². The number of methoxy groups -OCH3 is 1. The number of rotatable bonds is 4. The zero-order valence-corrected chi connectivity index (χ0v) is 16.8. The van der Waals surface area contributed by atoms with Crippen LogP contribution in [0.15, 0.2) is 50.4 Å². The van der Waals surface area contributed by atoms with Crippen LogP contribution >= 0.6 is 54.5 Å². The van der Waals surface area contributed by atoms with Crippen LogP contribution in [0, 0.1) is 3.57 Å². The Bertz CT molecular complexity index is 712. The molecule has 0 aliphatic carbocycles. The number of carbonyl (C=O) groups excluding carboxylic acids is 1. The van der Waals surface area contributed by atoms with Crippen LogP contribution in [0.4, 0.5) is 0 Å². The highest BCUT2D eigenvalue weighted by Crippen LogP contribution is 2.33. The molecule has 2 aromatic carbocycles. The molecule has 0 bridgehead atoms. The highest BCUT2D eigenvalue weighted by Gasteiger charge is 2.07. The van der Waals surface area contributed by atoms with Crippen LogP contribution in [-0.2, 0) is 0 Å². The Hall–Kier alpha value is -0.930. The molecule has 0 spiro atoms. The maximum atomic E-state index is 12.0. The molecule has 0 aromatic heterocycles. The van der Waals surface area contributed by atoms with Crippen LogP contribution in [0.3, 0.4) is 0 Å². The highest BCUT2D eigenvalue weighted by molar-refractivity contribution is 14.1. The number of benzene rings is 2. The molecule has 2 aromatic rings. The minimum absolute atomic E-state index is 0.249. The van der Waals surface area contributed by atoms with Gasteiger partial charge in [-0.2, -0.15) is 5.10 Å². The van der Waals surface area contributed by atoms with Crippen molar-refractivity contribution in [2.75, 3.05) is 7.11 Å². The van der Waals surface area contributed by atoms with Crippen molar-refractivity contribution in [3.05, 3.63) is 60.0 Å². The Balaban J connectivity index is 2.08. The minimum Gasteiger partial charge on any atom is -0.494 e. The first-order chi connectivity index (χ1) is 10.5. The summed E-state index contributed by atoms with van der Waals surface area (Å²) < 4.78 is 7.83. The van der Waals surface area contributed by atoms with Crippen LogP contribution in [0.2, 0.25) is 0 Å². The van der Waals surface area contributed by atoms with Gasteiger partial charge in [0.2, 0.25) is 0 Å².